The van der Waals surface area contributed by atoms with Crippen molar-refractivity contribution in [3.8, 4) is 5.75 Å². The minimum Gasteiger partial charge on any atom is -0.478 e. The second-order valence-corrected chi connectivity index (χ2v) is 4.08. The van der Waals surface area contributed by atoms with Crippen LogP contribution in [-0.2, 0) is 0 Å². The van der Waals surface area contributed by atoms with Crippen LogP contribution >= 0.6 is 0 Å². The van der Waals surface area contributed by atoms with Crippen LogP contribution in [0.4, 0.5) is 5.69 Å². The largest absolute Gasteiger partial charge is 0.478 e. The summed E-state index contributed by atoms with van der Waals surface area (Å²) in [6.07, 6.45) is 0. The number of ether oxygens (including phenoxy) is 1. The summed E-state index contributed by atoms with van der Waals surface area (Å²) in [6.45, 7) is 9.84. The number of rotatable bonds is 0. The highest BCUT2D eigenvalue weighted by Crippen LogP contribution is 2.35. The van der Waals surface area contributed by atoms with Gasteiger partial charge in [-0.15, -0.1) is 0 Å². The fraction of sp³-hybridized carbons (Fsp3) is 0.462. The molecule has 0 amide bonds. The summed E-state index contributed by atoms with van der Waals surface area (Å²) in [5.41, 5.74) is 17.3. The summed E-state index contributed by atoms with van der Waals surface area (Å²) in [5, 5.41) is 0. The Kier molecular flexibility index (Phi) is 6.02. The lowest BCUT2D eigenvalue weighted by molar-refractivity contribution is 0.177. The zero-order valence-electron chi connectivity index (χ0n) is 11.7. The molecule has 1 aliphatic heterocycles. The molecule has 5 nitrogen and oxygen atoms in total. The molecular weight excluding hydrogens is 228 g/mol. The molecule has 0 spiro atoms. The van der Waals surface area contributed by atoms with Gasteiger partial charge >= 0.3 is 0 Å². The van der Waals surface area contributed by atoms with Gasteiger partial charge in [-0.3, -0.25) is 0 Å². The van der Waals surface area contributed by atoms with Crippen molar-refractivity contribution in [2.75, 3.05) is 0 Å². The van der Waals surface area contributed by atoms with Crippen molar-refractivity contribution in [2.24, 2.45) is 10.7 Å². The zero-order chi connectivity index (χ0) is 14.3. The van der Waals surface area contributed by atoms with Crippen molar-refractivity contribution in [3.63, 3.8) is 0 Å². The maximum Gasteiger partial charge on any atom is 0.160 e. The second-order valence-electron chi connectivity index (χ2n) is 4.08. The van der Waals surface area contributed by atoms with Gasteiger partial charge in [0.05, 0.1) is 0 Å². The molecular formula is C13H22N4O. The second kappa shape index (κ2) is 6.74. The van der Waals surface area contributed by atoms with Crippen LogP contribution in [-0.4, -0.2) is 11.4 Å². The quantitative estimate of drug-likeness (QED) is 0.611. The number of nitrogens with zero attached hydrogens (tertiary/aromatic N) is 1. The maximum atomic E-state index is 5.80. The first-order valence-corrected chi connectivity index (χ1v) is 5.88. The summed E-state index contributed by atoms with van der Waals surface area (Å²) in [4.78, 5) is 4.33. The van der Waals surface area contributed by atoms with Crippen LogP contribution in [0.1, 0.15) is 33.3 Å². The Morgan fingerprint density at radius 1 is 1.22 bits per heavy atom. The van der Waals surface area contributed by atoms with E-state index in [1.165, 1.54) is 0 Å². The summed E-state index contributed by atoms with van der Waals surface area (Å²) in [7, 11) is 0. The maximum absolute atomic E-state index is 5.80. The number of nitrogens with one attached hydrogen (secondary N) is 2. The van der Waals surface area contributed by atoms with Crippen LogP contribution in [0.5, 0.6) is 5.75 Å². The van der Waals surface area contributed by atoms with Gasteiger partial charge in [0.1, 0.15) is 17.3 Å². The fourth-order valence-corrected chi connectivity index (χ4v) is 1.39. The molecule has 0 aromatic heterocycles. The molecule has 0 unspecified atom stereocenters. The van der Waals surface area contributed by atoms with E-state index in [9.17, 15) is 0 Å². The molecule has 1 aliphatic rings. The lowest BCUT2D eigenvalue weighted by Crippen LogP contribution is -2.45. The number of aryl methyl sites for hydroxylation is 1. The van der Waals surface area contributed by atoms with Crippen molar-refractivity contribution in [3.05, 3.63) is 23.8 Å². The number of benzene rings is 1. The van der Waals surface area contributed by atoms with Crippen molar-refractivity contribution in [1.82, 2.24) is 0 Å². The van der Waals surface area contributed by atoms with Gasteiger partial charge in [-0.25, -0.2) is 16.1 Å². The van der Waals surface area contributed by atoms with E-state index in [0.29, 0.717) is 5.84 Å². The molecule has 0 bridgehead atoms. The van der Waals surface area contributed by atoms with E-state index in [-0.39, 0.29) is 0 Å². The minimum absolute atomic E-state index is 0.498. The van der Waals surface area contributed by atoms with Crippen molar-refractivity contribution >= 4 is 11.5 Å². The van der Waals surface area contributed by atoms with Gasteiger partial charge in [0.15, 0.2) is 5.60 Å². The molecule has 18 heavy (non-hydrogen) atoms. The number of nitrogens with two attached hydrogens (primary N) is 1. The summed E-state index contributed by atoms with van der Waals surface area (Å²) >= 11 is 0. The van der Waals surface area contributed by atoms with Crippen molar-refractivity contribution in [2.45, 2.75) is 40.2 Å². The third-order valence-corrected chi connectivity index (χ3v) is 2.34. The summed E-state index contributed by atoms with van der Waals surface area (Å²) < 4.78 is 5.73. The summed E-state index contributed by atoms with van der Waals surface area (Å²) in [5.74, 6) is 1.32. The number of amidine groups is 1. The molecule has 0 saturated carbocycles. The number of fused-ring (bicyclic) bond motifs is 1. The van der Waals surface area contributed by atoms with Crippen LogP contribution in [0.3, 0.4) is 0 Å². The van der Waals surface area contributed by atoms with Crippen LogP contribution < -0.4 is 10.5 Å². The molecule has 100 valence electrons. The molecule has 0 radical (unpaired) electrons. The van der Waals surface area contributed by atoms with Crippen LogP contribution in [0.2, 0.25) is 0 Å². The first-order valence-electron chi connectivity index (χ1n) is 5.88. The smallest absolute Gasteiger partial charge is 0.160 e. The zero-order valence-corrected chi connectivity index (χ0v) is 11.7. The van der Waals surface area contributed by atoms with Crippen LogP contribution in [0.15, 0.2) is 23.2 Å². The van der Waals surface area contributed by atoms with E-state index in [0.717, 1.165) is 17.0 Å². The molecule has 1 heterocycles. The summed E-state index contributed by atoms with van der Waals surface area (Å²) in [6, 6.07) is 5.91. The van der Waals surface area contributed by atoms with Gasteiger partial charge in [0.2, 0.25) is 0 Å². The Morgan fingerprint density at radius 2 is 1.78 bits per heavy atom. The molecule has 4 N–H and O–H groups in total. The monoisotopic (exact) mass is 250 g/mol. The average Bonchev–Trinajstić information content (AvgIpc) is 2.36. The van der Waals surface area contributed by atoms with E-state index >= 15 is 0 Å². The van der Waals surface area contributed by atoms with E-state index in [1.54, 1.807) is 0 Å². The predicted octanol–water partition coefficient (Wildman–Crippen LogP) is 3.78. The number of hydrogen-bond donors (Lipinski definition) is 3. The van der Waals surface area contributed by atoms with Gasteiger partial charge in [-0.05, 0) is 38.5 Å². The molecule has 0 saturated heterocycles. The van der Waals surface area contributed by atoms with E-state index in [4.69, 9.17) is 21.5 Å². The Hall–Kier alpha value is -1.91. The van der Waals surface area contributed by atoms with Gasteiger partial charge in [0, 0.05) is 0 Å². The highest BCUT2D eigenvalue weighted by atomic mass is 16.5. The van der Waals surface area contributed by atoms with Gasteiger partial charge in [0.25, 0.3) is 0 Å². The minimum atomic E-state index is -0.498. The third-order valence-electron chi connectivity index (χ3n) is 2.34. The number of hydrogen-bond acceptors (Lipinski definition) is 5. The Morgan fingerprint density at radius 3 is 2.33 bits per heavy atom. The normalized spacial score (nSPS) is 14.6. The lowest BCUT2D eigenvalue weighted by atomic mass is 10.1. The van der Waals surface area contributed by atoms with E-state index < -0.39 is 5.60 Å². The molecule has 2 rings (SSSR count). The molecule has 1 aromatic carbocycles. The predicted molar refractivity (Wildman–Crippen MR) is 74.0 cm³/mol. The highest BCUT2D eigenvalue weighted by molar-refractivity contribution is 5.93. The first kappa shape index (κ1) is 16.1. The van der Waals surface area contributed by atoms with E-state index in [2.05, 4.69) is 4.99 Å². The Balaban J connectivity index is 0.000000659. The lowest BCUT2D eigenvalue weighted by Gasteiger charge is -2.30. The van der Waals surface area contributed by atoms with Crippen molar-refractivity contribution < 1.29 is 4.74 Å². The first-order chi connectivity index (χ1) is 8.49. The average molecular weight is 250 g/mol. The van der Waals surface area contributed by atoms with E-state index in [1.807, 2.05) is 52.8 Å². The third kappa shape index (κ3) is 3.55. The topological polar surface area (TPSA) is 95.3 Å². The van der Waals surface area contributed by atoms with Gasteiger partial charge in [-0.2, -0.15) is 0 Å². The molecule has 0 atom stereocenters. The van der Waals surface area contributed by atoms with Crippen LogP contribution in [0.25, 0.3) is 0 Å². The Bertz CT molecular complexity index is 427. The molecule has 0 aliphatic carbocycles. The van der Waals surface area contributed by atoms with Gasteiger partial charge < -0.3 is 10.5 Å². The molecule has 0 fully saturated rings. The number of aliphatic imine (C=N–C) groups is 1. The standard InChI is InChI=1S/C11H14N2O.C2H6.H2N2/c1-7-4-5-9-8(6-7)13-10(12)11(2,3)14-9;2*1-2/h4-6H,1-3H3,(H2,12,13);1-2H3;1-2H. The van der Waals surface area contributed by atoms with Crippen molar-refractivity contribution in [1.29, 1.82) is 11.1 Å². The van der Waals surface area contributed by atoms with Crippen LogP contribution in [0, 0.1) is 18.0 Å². The Labute approximate surface area is 108 Å². The fourth-order valence-electron chi connectivity index (χ4n) is 1.39. The molecule has 5 heteroatoms. The highest BCUT2D eigenvalue weighted by Gasteiger charge is 2.29. The van der Waals surface area contributed by atoms with Gasteiger partial charge in [-0.1, -0.05) is 19.9 Å². The molecule has 1 aromatic rings. The SMILES string of the molecule is CC.Cc1ccc2c(c1)N=C(N)C(C)(C)O2.N=N.